The van der Waals surface area contributed by atoms with Crippen molar-refractivity contribution < 1.29 is 80.2 Å². The number of aliphatic hydroxyl groups excluding tert-OH is 1. The third kappa shape index (κ3) is 70.4. The van der Waals surface area contributed by atoms with Crippen LogP contribution in [0.2, 0.25) is 0 Å². The molecule has 5 atom stereocenters. The molecule has 0 radical (unpaired) electrons. The lowest BCUT2D eigenvalue weighted by Gasteiger charge is -2.21. The molecule has 3 N–H and O–H groups in total. The molecule has 5 unspecified atom stereocenters. The minimum atomic E-state index is -5.00. The van der Waals surface area contributed by atoms with E-state index < -0.39 is 97.5 Å². The number of esters is 4. The van der Waals surface area contributed by atoms with Crippen LogP contribution in [-0.4, -0.2) is 96.7 Å². The van der Waals surface area contributed by atoms with Crippen molar-refractivity contribution in [1.82, 2.24) is 0 Å². The third-order valence-corrected chi connectivity index (χ3v) is 18.0. The molecule has 0 amide bonds. The summed E-state index contributed by atoms with van der Waals surface area (Å²) in [6.07, 6.45) is 74.3. The van der Waals surface area contributed by atoms with Gasteiger partial charge in [-0.15, -0.1) is 0 Å². The number of phosphoric ester groups is 2. The van der Waals surface area contributed by atoms with E-state index in [9.17, 15) is 43.2 Å². The van der Waals surface area contributed by atoms with Gasteiger partial charge in [0.2, 0.25) is 0 Å². The van der Waals surface area contributed by atoms with Crippen molar-refractivity contribution >= 4 is 39.5 Å². The summed E-state index contributed by atoms with van der Waals surface area (Å²) in [5.74, 6) is -2.31. The van der Waals surface area contributed by atoms with Crippen LogP contribution in [0.1, 0.15) is 323 Å². The number of aliphatic hydroxyl groups is 1. The first-order chi connectivity index (χ1) is 47.7. The van der Waals surface area contributed by atoms with E-state index in [1.165, 1.54) is 109 Å². The first kappa shape index (κ1) is 94.0. The van der Waals surface area contributed by atoms with Crippen LogP contribution in [0.4, 0.5) is 0 Å². The van der Waals surface area contributed by atoms with E-state index in [0.29, 0.717) is 25.7 Å². The Bertz CT molecular complexity index is 2240. The van der Waals surface area contributed by atoms with E-state index in [2.05, 4.69) is 101 Å². The van der Waals surface area contributed by atoms with Crippen LogP contribution in [0, 0.1) is 0 Å². The van der Waals surface area contributed by atoms with Crippen LogP contribution < -0.4 is 0 Å². The summed E-state index contributed by atoms with van der Waals surface area (Å²) < 4.78 is 68.3. The van der Waals surface area contributed by atoms with Crippen LogP contribution >= 0.6 is 15.6 Å². The summed E-state index contributed by atoms with van der Waals surface area (Å²) in [5.41, 5.74) is 0. The molecule has 98 heavy (non-hydrogen) atoms. The second-order valence-electron chi connectivity index (χ2n) is 25.6. The number of unbranched alkanes of at least 4 members (excludes halogenated alkanes) is 31. The third-order valence-electron chi connectivity index (χ3n) is 16.1. The van der Waals surface area contributed by atoms with E-state index in [4.69, 9.17) is 37.0 Å². The topological polar surface area (TPSA) is 237 Å². The highest BCUT2D eigenvalue weighted by atomic mass is 31.2. The molecule has 0 spiro atoms. The predicted molar refractivity (Wildman–Crippen MR) is 399 cm³/mol. The van der Waals surface area contributed by atoms with Gasteiger partial charge in [-0.1, -0.05) is 311 Å². The molecule has 0 heterocycles. The Morgan fingerprint density at radius 1 is 0.306 bits per heavy atom. The van der Waals surface area contributed by atoms with Gasteiger partial charge in [0.25, 0.3) is 0 Å². The van der Waals surface area contributed by atoms with Crippen LogP contribution in [0.15, 0.2) is 97.2 Å². The maximum Gasteiger partial charge on any atom is 0.472 e. The number of carbonyl (C=O) groups is 4. The fourth-order valence-electron chi connectivity index (χ4n) is 10.3. The average Bonchev–Trinajstić information content (AvgIpc) is 1.02. The standard InChI is InChI=1S/C79H138O17P2/c1-5-9-13-17-21-25-29-33-35-36-38-41-44-48-52-56-60-64-77(82)90-70-75(96-79(84)66-62-58-54-50-46-42-37-34-30-26-22-18-14-10-6-2)72-94-98(87,88)92-68-73(80)67-91-97(85,86)93-71-74(95-78(83)65-61-57-53-49-45-40-32-28-24-20-16-12-8-4)69-89-76(81)63-59-55-51-47-43-39-31-27-23-19-15-11-7-3/h9-10,13-14,21-22,25-26,33-35,37,46,50,58,62,73-75,80H,5-8,11-12,15-20,23-24,27-32,36,38-45,47-49,51-57,59-61,63-72H2,1-4H3,(H,85,86)(H,87,88)/b13-9-,14-10-,25-21-,26-22-,35-33-,37-34-,50-46-,62-58-. The zero-order chi connectivity index (χ0) is 71.8. The Hall–Kier alpha value is -4.02. The Morgan fingerprint density at radius 2 is 0.571 bits per heavy atom. The molecular weight excluding hydrogens is 1280 g/mol. The average molecular weight is 1420 g/mol. The van der Waals surface area contributed by atoms with E-state index in [0.717, 1.165) is 135 Å². The number of rotatable bonds is 72. The monoisotopic (exact) mass is 1420 g/mol. The molecule has 0 saturated carbocycles. The Morgan fingerprint density at radius 3 is 0.908 bits per heavy atom. The van der Waals surface area contributed by atoms with Crippen LogP contribution in [0.3, 0.4) is 0 Å². The second-order valence-corrected chi connectivity index (χ2v) is 28.5. The van der Waals surface area contributed by atoms with Crippen molar-refractivity contribution in [3.8, 4) is 0 Å². The first-order valence-corrected chi connectivity index (χ1v) is 41.5. The van der Waals surface area contributed by atoms with Crippen LogP contribution in [-0.2, 0) is 65.4 Å². The largest absolute Gasteiger partial charge is 0.472 e. The van der Waals surface area contributed by atoms with Gasteiger partial charge < -0.3 is 33.8 Å². The Balaban J connectivity index is 5.39. The van der Waals surface area contributed by atoms with Gasteiger partial charge in [-0.3, -0.25) is 37.3 Å². The number of carbonyl (C=O) groups excluding carboxylic acids is 4. The Kier molecular flexibility index (Phi) is 68.4. The van der Waals surface area contributed by atoms with Crippen molar-refractivity contribution in [2.24, 2.45) is 0 Å². The lowest BCUT2D eigenvalue weighted by Crippen LogP contribution is -2.30. The summed E-state index contributed by atoms with van der Waals surface area (Å²) in [7, 11) is -9.97. The highest BCUT2D eigenvalue weighted by molar-refractivity contribution is 7.47. The molecule has 0 aromatic heterocycles. The number of hydrogen-bond donors (Lipinski definition) is 3. The summed E-state index contributed by atoms with van der Waals surface area (Å²) in [6, 6.07) is 0. The highest BCUT2D eigenvalue weighted by Crippen LogP contribution is 2.45. The first-order valence-electron chi connectivity index (χ1n) is 38.5. The summed E-state index contributed by atoms with van der Waals surface area (Å²) in [5, 5.41) is 10.6. The molecule has 0 fully saturated rings. The fourth-order valence-corrected chi connectivity index (χ4v) is 11.9. The van der Waals surface area contributed by atoms with Gasteiger partial charge in [0, 0.05) is 19.3 Å². The molecule has 0 bridgehead atoms. The highest BCUT2D eigenvalue weighted by Gasteiger charge is 2.30. The van der Waals surface area contributed by atoms with Gasteiger partial charge in [0.1, 0.15) is 19.3 Å². The summed E-state index contributed by atoms with van der Waals surface area (Å²) in [4.78, 5) is 72.8. The normalized spacial score (nSPS) is 14.5. The van der Waals surface area contributed by atoms with Gasteiger partial charge in [-0.2, -0.15) is 0 Å². The maximum atomic E-state index is 13.1. The van der Waals surface area contributed by atoms with E-state index in [1.54, 1.807) is 12.2 Å². The summed E-state index contributed by atoms with van der Waals surface area (Å²) in [6.45, 7) is 4.56. The molecule has 566 valence electrons. The second kappa shape index (κ2) is 71.4. The van der Waals surface area contributed by atoms with Gasteiger partial charge in [-0.05, 0) is 83.5 Å². The number of ether oxygens (including phenoxy) is 4. The number of hydrogen-bond acceptors (Lipinski definition) is 15. The molecule has 0 aromatic rings. The quantitative estimate of drug-likeness (QED) is 0.0169. The number of allylic oxidation sites excluding steroid dienone is 15. The lowest BCUT2D eigenvalue weighted by atomic mass is 10.0. The zero-order valence-corrected chi connectivity index (χ0v) is 63.5. The van der Waals surface area contributed by atoms with E-state index in [-0.39, 0.29) is 25.7 Å². The molecular formula is C79H138O17P2. The zero-order valence-electron chi connectivity index (χ0n) is 61.7. The van der Waals surface area contributed by atoms with Crippen molar-refractivity contribution in [2.45, 2.75) is 341 Å². The maximum absolute atomic E-state index is 13.1. The van der Waals surface area contributed by atoms with Crippen molar-refractivity contribution in [3.05, 3.63) is 97.2 Å². The molecule has 0 rings (SSSR count). The molecule has 0 aliphatic carbocycles. The predicted octanol–water partition coefficient (Wildman–Crippen LogP) is 22.0. The van der Waals surface area contributed by atoms with Crippen molar-refractivity contribution in [1.29, 1.82) is 0 Å². The summed E-state index contributed by atoms with van der Waals surface area (Å²) >= 11 is 0. The van der Waals surface area contributed by atoms with E-state index >= 15 is 0 Å². The molecule has 0 saturated heterocycles. The van der Waals surface area contributed by atoms with Crippen molar-refractivity contribution in [3.63, 3.8) is 0 Å². The number of phosphoric acid groups is 2. The fraction of sp³-hybridized carbons (Fsp3) is 0.747. The van der Waals surface area contributed by atoms with Gasteiger partial charge >= 0.3 is 39.5 Å². The molecule has 19 heteroatoms. The van der Waals surface area contributed by atoms with Crippen LogP contribution in [0.5, 0.6) is 0 Å². The minimum Gasteiger partial charge on any atom is -0.462 e. The molecule has 17 nitrogen and oxygen atoms in total. The minimum absolute atomic E-state index is 0.0981. The van der Waals surface area contributed by atoms with Gasteiger partial charge in [0.05, 0.1) is 32.8 Å². The SMILES string of the molecule is CC/C=C\C/C=C\C/C=C\C/C=C\C/C=C\CC(=O)OC(COC(=O)CCCCCCCCC/C=C\C/C=C\C/C=C\CC)COP(=O)(O)OCC(O)COP(=O)(O)OCC(COC(=O)CCCCCCCCCCCCCCC)OC(=O)CCCCCCCCCCCCCCC. The molecule has 0 aromatic carbocycles. The Labute approximate surface area is 595 Å². The molecule has 0 aliphatic rings. The van der Waals surface area contributed by atoms with Gasteiger partial charge in [0.15, 0.2) is 12.2 Å². The molecule has 0 aliphatic heterocycles. The van der Waals surface area contributed by atoms with Crippen LogP contribution in [0.25, 0.3) is 0 Å². The lowest BCUT2D eigenvalue weighted by molar-refractivity contribution is -0.161. The smallest absolute Gasteiger partial charge is 0.462 e. The van der Waals surface area contributed by atoms with Gasteiger partial charge in [-0.25, -0.2) is 9.13 Å². The van der Waals surface area contributed by atoms with E-state index in [1.807, 2.05) is 12.2 Å². The van der Waals surface area contributed by atoms with Crippen molar-refractivity contribution in [2.75, 3.05) is 39.6 Å².